The predicted octanol–water partition coefficient (Wildman–Crippen LogP) is 1.52. The first-order valence-corrected chi connectivity index (χ1v) is 6.78. The van der Waals surface area contributed by atoms with E-state index >= 15 is 0 Å². The highest BCUT2D eigenvalue weighted by Gasteiger charge is 2.29. The monoisotopic (exact) mass is 283 g/mol. The van der Waals surface area contributed by atoms with E-state index in [1.54, 1.807) is 0 Å². The summed E-state index contributed by atoms with van der Waals surface area (Å²) in [5, 5.41) is 0. The lowest BCUT2D eigenvalue weighted by atomic mass is 10.1. The van der Waals surface area contributed by atoms with Crippen molar-refractivity contribution < 1.29 is 9.53 Å². The lowest BCUT2D eigenvalue weighted by Gasteiger charge is -2.35. The number of hydrogen-bond acceptors (Lipinski definition) is 4. The molecule has 1 atom stereocenters. The Bertz CT molecular complexity index is 672. The number of nitrogen functional groups attached to an aromatic ring is 1. The van der Waals surface area contributed by atoms with Crippen LogP contribution in [0.15, 0.2) is 48.5 Å². The van der Waals surface area contributed by atoms with Crippen molar-refractivity contribution in [2.24, 2.45) is 5.73 Å². The topological polar surface area (TPSA) is 81.6 Å². The molecule has 0 radical (unpaired) electrons. The Morgan fingerprint density at radius 3 is 2.67 bits per heavy atom. The molecule has 21 heavy (non-hydrogen) atoms. The molecule has 1 aliphatic rings. The smallest absolute Gasteiger partial charge is 0.260 e. The van der Waals surface area contributed by atoms with Gasteiger partial charge in [0.05, 0.1) is 12.2 Å². The molecule has 3 rings (SSSR count). The summed E-state index contributed by atoms with van der Waals surface area (Å²) in [4.78, 5) is 13.5. The highest BCUT2D eigenvalue weighted by molar-refractivity contribution is 5.81. The Balaban J connectivity index is 1.93. The maximum atomic E-state index is 11.5. The number of carbonyl (C=O) groups is 1. The van der Waals surface area contributed by atoms with Crippen LogP contribution in [0.4, 0.5) is 11.4 Å². The maximum absolute atomic E-state index is 11.5. The number of ether oxygens (including phenoxy) is 1. The van der Waals surface area contributed by atoms with Gasteiger partial charge in [0.15, 0.2) is 6.10 Å². The van der Waals surface area contributed by atoms with E-state index in [0.717, 1.165) is 16.9 Å². The number of nitrogens with two attached hydrogens (primary N) is 2. The molecule has 5 nitrogen and oxygen atoms in total. The number of nitrogens with zero attached hydrogens (tertiary/aromatic N) is 1. The fourth-order valence-electron chi connectivity index (χ4n) is 2.49. The average molecular weight is 283 g/mol. The number of benzene rings is 2. The van der Waals surface area contributed by atoms with Gasteiger partial charge in [-0.25, -0.2) is 0 Å². The molecule has 0 saturated carbocycles. The molecule has 0 saturated heterocycles. The molecule has 0 aliphatic carbocycles. The largest absolute Gasteiger partial charge is 0.477 e. The Morgan fingerprint density at radius 1 is 1.19 bits per heavy atom. The van der Waals surface area contributed by atoms with E-state index in [9.17, 15) is 4.79 Å². The van der Waals surface area contributed by atoms with Crippen LogP contribution in [0.3, 0.4) is 0 Å². The van der Waals surface area contributed by atoms with Gasteiger partial charge in [0.1, 0.15) is 5.75 Å². The third kappa shape index (κ3) is 2.63. The van der Waals surface area contributed by atoms with Gasteiger partial charge >= 0.3 is 0 Å². The fraction of sp³-hybridized carbons (Fsp3) is 0.188. The fourth-order valence-corrected chi connectivity index (χ4v) is 2.49. The van der Waals surface area contributed by atoms with Crippen molar-refractivity contribution in [2.45, 2.75) is 12.6 Å². The van der Waals surface area contributed by atoms with E-state index in [1.807, 2.05) is 48.5 Å². The molecule has 4 N–H and O–H groups in total. The minimum absolute atomic E-state index is 0.417. The first-order chi connectivity index (χ1) is 10.1. The normalized spacial score (nSPS) is 17.0. The molecule has 2 aromatic rings. The summed E-state index contributed by atoms with van der Waals surface area (Å²) >= 11 is 0. The summed E-state index contributed by atoms with van der Waals surface area (Å²) in [5.41, 5.74) is 14.1. The number of hydrogen-bond donors (Lipinski definition) is 2. The molecular weight excluding hydrogens is 266 g/mol. The zero-order valence-electron chi connectivity index (χ0n) is 11.5. The minimum atomic E-state index is -0.648. The Hall–Kier alpha value is -2.69. The molecule has 1 amide bonds. The van der Waals surface area contributed by atoms with Crippen molar-refractivity contribution in [2.75, 3.05) is 17.2 Å². The summed E-state index contributed by atoms with van der Waals surface area (Å²) < 4.78 is 5.64. The van der Waals surface area contributed by atoms with Gasteiger partial charge in [0.25, 0.3) is 5.91 Å². The lowest BCUT2D eigenvalue weighted by Crippen LogP contribution is -2.47. The number of rotatable bonds is 3. The third-order valence-corrected chi connectivity index (χ3v) is 3.60. The van der Waals surface area contributed by atoms with Crippen LogP contribution in [0.2, 0.25) is 0 Å². The molecule has 5 heteroatoms. The maximum Gasteiger partial charge on any atom is 0.260 e. The molecule has 0 bridgehead atoms. The number of amides is 1. The van der Waals surface area contributed by atoms with Gasteiger partial charge in [-0.3, -0.25) is 4.79 Å². The van der Waals surface area contributed by atoms with Gasteiger partial charge in [-0.1, -0.05) is 30.3 Å². The Morgan fingerprint density at radius 2 is 1.90 bits per heavy atom. The van der Waals surface area contributed by atoms with Crippen molar-refractivity contribution in [3.05, 3.63) is 54.1 Å². The van der Waals surface area contributed by atoms with Crippen LogP contribution in [0, 0.1) is 0 Å². The van der Waals surface area contributed by atoms with Gasteiger partial charge in [0.2, 0.25) is 0 Å². The Kier molecular flexibility index (Phi) is 3.39. The van der Waals surface area contributed by atoms with Crippen molar-refractivity contribution in [1.82, 2.24) is 0 Å². The number of primary amides is 1. The molecule has 1 aliphatic heterocycles. The van der Waals surface area contributed by atoms with E-state index in [2.05, 4.69) is 4.90 Å². The van der Waals surface area contributed by atoms with E-state index in [0.29, 0.717) is 18.8 Å². The van der Waals surface area contributed by atoms with Crippen molar-refractivity contribution in [3.63, 3.8) is 0 Å². The molecule has 108 valence electrons. The molecule has 0 fully saturated rings. The molecule has 1 heterocycles. The van der Waals surface area contributed by atoms with Crippen molar-refractivity contribution >= 4 is 17.3 Å². The highest BCUT2D eigenvalue weighted by Crippen LogP contribution is 2.34. The summed E-state index contributed by atoms with van der Waals surface area (Å²) in [6.45, 7) is 1.03. The first kappa shape index (κ1) is 13.3. The van der Waals surface area contributed by atoms with Gasteiger partial charge in [-0.15, -0.1) is 0 Å². The van der Waals surface area contributed by atoms with Crippen molar-refractivity contribution in [3.8, 4) is 5.75 Å². The highest BCUT2D eigenvalue weighted by atomic mass is 16.5. The zero-order chi connectivity index (χ0) is 14.8. The predicted molar refractivity (Wildman–Crippen MR) is 82.0 cm³/mol. The lowest BCUT2D eigenvalue weighted by molar-refractivity contribution is -0.124. The minimum Gasteiger partial charge on any atom is -0.477 e. The SMILES string of the molecule is NC(=O)C1CN(Cc2ccccc2N)c2ccccc2O1. The molecule has 2 aromatic carbocycles. The van der Waals surface area contributed by atoms with Crippen LogP contribution in [-0.4, -0.2) is 18.6 Å². The van der Waals surface area contributed by atoms with Crippen LogP contribution in [0.25, 0.3) is 0 Å². The third-order valence-electron chi connectivity index (χ3n) is 3.60. The molecular formula is C16H17N3O2. The summed E-state index contributed by atoms with van der Waals surface area (Å²) in [5.74, 6) is 0.206. The average Bonchev–Trinajstić information content (AvgIpc) is 2.49. The Labute approximate surface area is 123 Å². The van der Waals surface area contributed by atoms with E-state index in [-0.39, 0.29) is 0 Å². The van der Waals surface area contributed by atoms with Crippen LogP contribution in [0.5, 0.6) is 5.75 Å². The number of para-hydroxylation sites is 3. The van der Waals surface area contributed by atoms with Gasteiger partial charge in [-0.2, -0.15) is 0 Å². The molecule has 1 unspecified atom stereocenters. The summed E-state index contributed by atoms with van der Waals surface area (Å²) in [6, 6.07) is 15.3. The van der Waals surface area contributed by atoms with Crippen LogP contribution < -0.4 is 21.1 Å². The van der Waals surface area contributed by atoms with E-state index < -0.39 is 12.0 Å². The van der Waals surface area contributed by atoms with Gasteiger partial charge in [0, 0.05) is 12.2 Å². The van der Waals surface area contributed by atoms with Gasteiger partial charge < -0.3 is 21.1 Å². The number of fused-ring (bicyclic) bond motifs is 1. The quantitative estimate of drug-likeness (QED) is 0.837. The van der Waals surface area contributed by atoms with E-state index in [1.165, 1.54) is 0 Å². The summed E-state index contributed by atoms with van der Waals surface area (Å²) in [6.07, 6.45) is -0.648. The second kappa shape index (κ2) is 5.36. The zero-order valence-corrected chi connectivity index (χ0v) is 11.5. The molecule has 0 spiro atoms. The van der Waals surface area contributed by atoms with Crippen LogP contribution >= 0.6 is 0 Å². The second-order valence-electron chi connectivity index (χ2n) is 5.06. The second-order valence-corrected chi connectivity index (χ2v) is 5.06. The number of anilines is 2. The van der Waals surface area contributed by atoms with Crippen LogP contribution in [0.1, 0.15) is 5.56 Å². The standard InChI is InChI=1S/C16H17N3O2/c17-12-6-2-1-5-11(12)9-19-10-15(16(18)20)21-14-8-4-3-7-13(14)19/h1-8,15H,9-10,17H2,(H2,18,20). The van der Waals surface area contributed by atoms with Gasteiger partial charge in [-0.05, 0) is 23.8 Å². The number of carbonyl (C=O) groups excluding carboxylic acids is 1. The van der Waals surface area contributed by atoms with Crippen LogP contribution in [-0.2, 0) is 11.3 Å². The summed E-state index contributed by atoms with van der Waals surface area (Å²) in [7, 11) is 0. The van der Waals surface area contributed by atoms with E-state index in [4.69, 9.17) is 16.2 Å². The first-order valence-electron chi connectivity index (χ1n) is 6.78. The molecule has 0 aromatic heterocycles. The van der Waals surface area contributed by atoms with Crippen molar-refractivity contribution in [1.29, 1.82) is 0 Å².